The van der Waals surface area contributed by atoms with E-state index in [4.69, 9.17) is 43.1 Å². The van der Waals surface area contributed by atoms with Gasteiger partial charge >= 0.3 is 0 Å². The third-order valence-corrected chi connectivity index (χ3v) is 26.2. The van der Waals surface area contributed by atoms with Gasteiger partial charge in [0.05, 0.1) is 30.3 Å². The second-order valence-corrected chi connectivity index (χ2v) is 40.1. The zero-order chi connectivity index (χ0) is 74.8. The number of hydrogen-bond acceptors (Lipinski definition) is 18. The van der Waals surface area contributed by atoms with Crippen LogP contribution in [0.2, 0.25) is 0 Å². The first-order chi connectivity index (χ1) is 48.6. The molecule has 0 amide bonds. The first kappa shape index (κ1) is 79.9. The van der Waals surface area contributed by atoms with Crippen LogP contribution in [0.25, 0.3) is 0 Å². The van der Waals surface area contributed by atoms with Crippen LogP contribution in [-0.4, -0.2) is 137 Å². The Morgan fingerprint density at radius 2 is 0.846 bits per heavy atom. The molecule has 0 radical (unpaired) electrons. The first-order valence-corrected chi connectivity index (χ1v) is 41.0. The van der Waals surface area contributed by atoms with Gasteiger partial charge < -0.3 is 54.6 Å². The zero-order valence-electron chi connectivity index (χ0n) is 65.6. The highest BCUT2D eigenvalue weighted by atomic mass is 32.2. The van der Waals surface area contributed by atoms with E-state index in [1.54, 1.807) is 38.5 Å². The minimum absolute atomic E-state index is 0.0150. The number of phenolic OH excluding ortho intramolecular Hbond substituents is 1. The van der Waals surface area contributed by atoms with Crippen molar-refractivity contribution in [1.29, 1.82) is 0 Å². The van der Waals surface area contributed by atoms with Gasteiger partial charge in [0.1, 0.15) is 29.5 Å². The van der Waals surface area contributed by atoms with Gasteiger partial charge in [0.25, 0.3) is 10.1 Å². The number of ether oxygens (including phenoxy) is 6. The Labute approximate surface area is 622 Å². The molecule has 8 bridgehead atoms. The molecule has 16 fully saturated rings. The van der Waals surface area contributed by atoms with Crippen LogP contribution < -0.4 is 20.7 Å². The lowest BCUT2D eigenvalue weighted by molar-refractivity contribution is -0.390. The van der Waals surface area contributed by atoms with Gasteiger partial charge in [0.2, 0.25) is 23.1 Å². The summed E-state index contributed by atoms with van der Waals surface area (Å²) in [4.78, 5) is 35.6. The van der Waals surface area contributed by atoms with Gasteiger partial charge in [-0.3, -0.25) is 9.35 Å². The molecule has 3 aromatic carbocycles. The molecule has 6 heterocycles. The number of carbonyl (C=O) groups excluding carboxylic acids is 1. The molecule has 0 aromatic heterocycles. The largest absolute Gasteiger partial charge is 0.508 e. The molecule has 16 aliphatic rings. The molecule has 104 heavy (non-hydrogen) atoms. The number of aryl methyl sites for hydroxylation is 1. The number of aromatic hydroxyl groups is 1. The van der Waals surface area contributed by atoms with Crippen LogP contribution in [0.4, 0.5) is 0 Å². The molecule has 3 aromatic rings. The van der Waals surface area contributed by atoms with Crippen molar-refractivity contribution in [2.75, 3.05) is 40.6 Å². The number of phenols is 1. The van der Waals surface area contributed by atoms with Crippen molar-refractivity contribution >= 4 is 15.9 Å². The number of piperidine rings is 3. The first-order valence-electron chi connectivity index (χ1n) is 39.6. The van der Waals surface area contributed by atoms with E-state index in [1.807, 2.05) is 19.1 Å². The van der Waals surface area contributed by atoms with Gasteiger partial charge in [-0.05, 0) is 289 Å². The number of Topliss-reactive ketones (excluding diaryl/α,β-unsaturated/α-hetero) is 1. The smallest absolute Gasteiger partial charge is 0.294 e. The van der Waals surface area contributed by atoms with E-state index in [-0.39, 0.29) is 43.7 Å². The van der Waals surface area contributed by atoms with Crippen LogP contribution in [0.15, 0.2) is 77.7 Å². The third kappa shape index (κ3) is 19.2. The molecule has 582 valence electrons. The Morgan fingerprint density at radius 1 is 0.490 bits per heavy atom. The quantitative estimate of drug-likeness (QED) is 0.0505. The lowest BCUT2D eigenvalue weighted by Gasteiger charge is -2.57. The number of hydrogen-bond donors (Lipinski definition) is 6. The van der Waals surface area contributed by atoms with Gasteiger partial charge in [-0.1, -0.05) is 42.0 Å². The summed E-state index contributed by atoms with van der Waals surface area (Å²) in [5.41, 5.74) is 3.18. The number of benzene rings is 3. The van der Waals surface area contributed by atoms with E-state index in [0.717, 1.165) is 106 Å². The minimum atomic E-state index is -4.02. The third-order valence-electron chi connectivity index (χ3n) is 25.4. The zero-order valence-corrected chi connectivity index (χ0v) is 66.4. The molecule has 0 unspecified atom stereocenters. The maximum atomic E-state index is 11.3. The van der Waals surface area contributed by atoms with Crippen molar-refractivity contribution < 1.29 is 75.9 Å². The Morgan fingerprint density at radius 3 is 1.19 bits per heavy atom. The van der Waals surface area contributed by atoms with E-state index in [2.05, 4.69) is 133 Å². The number of ketones is 1. The van der Waals surface area contributed by atoms with Gasteiger partial charge in [0.15, 0.2) is 0 Å². The summed E-state index contributed by atoms with van der Waals surface area (Å²) >= 11 is 0. The van der Waals surface area contributed by atoms with Crippen molar-refractivity contribution in [3.8, 4) is 11.5 Å². The lowest BCUT2D eigenvalue weighted by Crippen LogP contribution is -2.64. The second-order valence-electron chi connectivity index (χ2n) is 38.7. The Hall–Kier alpha value is -3.68. The van der Waals surface area contributed by atoms with Crippen molar-refractivity contribution in [2.24, 2.45) is 47.3 Å². The Bertz CT molecular complexity index is 3370. The molecule has 19 nitrogen and oxygen atoms in total. The number of nitrogens with one attached hydrogen (secondary N) is 3. The Kier molecular flexibility index (Phi) is 23.2. The van der Waals surface area contributed by atoms with Crippen LogP contribution >= 0.6 is 0 Å². The topological polar surface area (TPSA) is 244 Å². The van der Waals surface area contributed by atoms with E-state index < -0.39 is 38.9 Å². The fourth-order valence-corrected chi connectivity index (χ4v) is 23.4. The van der Waals surface area contributed by atoms with Crippen LogP contribution in [0.3, 0.4) is 0 Å². The van der Waals surface area contributed by atoms with Crippen LogP contribution in [0.1, 0.15) is 266 Å². The predicted molar refractivity (Wildman–Crippen MR) is 399 cm³/mol. The molecular formula is C84H129N3O16S. The average Bonchev–Trinajstić information content (AvgIpc) is 1.48. The van der Waals surface area contributed by atoms with E-state index >= 15 is 0 Å². The SMILES string of the molecule is CC1(C)CC(=O)CC(C)(C)N1.CC1(C)CC(O)(COc2ccc(C3CCC4(CC3)OOC3(O4)C4CC5CC(C4)CC3C5)cc2)CC(C)(C)N1.CC1(C)CC2(CO2)CC(C)(C)N1.COCCOC.Cc1ccc(S(=O)(=O)O)cc1.Oc1ccc(C2CCC3(CC2)OOC2(O3)C3CC4CC(C3)CC2C4)cc1. The number of aliphatic hydroxyl groups is 1. The molecule has 6 N–H and O–H groups in total. The average molecular weight is 1470 g/mol. The summed E-state index contributed by atoms with van der Waals surface area (Å²) < 4.78 is 64.2. The highest BCUT2D eigenvalue weighted by Gasteiger charge is 2.69. The molecule has 6 saturated heterocycles. The van der Waals surface area contributed by atoms with Gasteiger partial charge in [-0.2, -0.15) is 28.0 Å². The molecule has 5 spiro atoms. The summed E-state index contributed by atoms with van der Waals surface area (Å²) in [6.45, 7) is 30.5. The van der Waals surface area contributed by atoms with E-state index in [9.17, 15) is 23.4 Å². The van der Waals surface area contributed by atoms with Crippen LogP contribution in [-0.2, 0) is 58.1 Å². The lowest BCUT2D eigenvalue weighted by atomic mass is 9.53. The highest BCUT2D eigenvalue weighted by Crippen LogP contribution is 2.66. The van der Waals surface area contributed by atoms with Crippen molar-refractivity contribution in [1.82, 2.24) is 16.0 Å². The second kappa shape index (κ2) is 30.2. The van der Waals surface area contributed by atoms with Crippen molar-refractivity contribution in [3.05, 3.63) is 89.5 Å². The molecule has 10 saturated carbocycles. The van der Waals surface area contributed by atoms with Gasteiger partial charge in [0, 0.05) is 110 Å². The van der Waals surface area contributed by atoms with Crippen molar-refractivity contribution in [2.45, 2.75) is 328 Å². The minimum Gasteiger partial charge on any atom is -0.508 e. The molecule has 20 heteroatoms. The summed E-state index contributed by atoms with van der Waals surface area (Å²) in [6, 6.07) is 22.2. The fourth-order valence-electron chi connectivity index (χ4n) is 22.9. The molecule has 6 aliphatic heterocycles. The molecule has 10 aliphatic carbocycles. The summed E-state index contributed by atoms with van der Waals surface area (Å²) in [5, 5.41) is 31.6. The molecular weight excluding hydrogens is 1340 g/mol. The van der Waals surface area contributed by atoms with Gasteiger partial charge in [-0.15, -0.1) is 0 Å². The number of methoxy groups -OCH3 is 2. The number of epoxide rings is 1. The standard InChI is InChI=1S/C32H47NO5.C22H28O4.C10H19NO.C9H17NO.C7H8O3S.C4H10O2/c1-28(2)18-30(34,19-29(3,4)33-28)20-35-27-7-5-23(6-8-27)24-9-11-31(12-10-24)36-32(38-37-31)25-14-21-13-22(16-25)17-26(32)15-21;23-20-3-1-16(2-4-20)17-5-7-21(8-6-17)24-22(26-25-21)18-10-14-9-15(12-18)13-19(22)11-14;1-8(2)5-10(7-12-10)6-9(3,4)11-8;1-8(2)5-7(11)6-9(3,4)10-8;1-6-2-4-7(5-3-6)11(8,9)10;1-5-3-4-6-2/h5-8,21-22,24-26,33-34H,9-20H2,1-4H3;1-4,14-15,17-19,23H,5-13H2;11H,5-7H2,1-4H3;10H,5-6H2,1-4H3;2-5H,1H3,(H,8,9,10);3-4H2,1-2H3. The number of rotatable bonds is 9. The maximum Gasteiger partial charge on any atom is 0.294 e. The molecule has 19 rings (SSSR count). The van der Waals surface area contributed by atoms with E-state index in [0.29, 0.717) is 92.5 Å². The van der Waals surface area contributed by atoms with E-state index in [1.165, 1.54) is 87.5 Å². The highest BCUT2D eigenvalue weighted by molar-refractivity contribution is 7.85. The molecule has 0 atom stereocenters. The Balaban J connectivity index is 0.000000132. The van der Waals surface area contributed by atoms with Gasteiger partial charge in [-0.25, -0.2) is 0 Å². The normalized spacial score (nSPS) is 37.2. The predicted octanol–water partition coefficient (Wildman–Crippen LogP) is 15.8. The monoisotopic (exact) mass is 1470 g/mol. The van der Waals surface area contributed by atoms with Crippen LogP contribution in [0.5, 0.6) is 11.5 Å². The summed E-state index contributed by atoms with van der Waals surface area (Å²) in [6.07, 6.45) is 25.7. The summed E-state index contributed by atoms with van der Waals surface area (Å²) in [5.74, 6) is 6.22. The van der Waals surface area contributed by atoms with Crippen LogP contribution in [0, 0.1) is 54.3 Å². The fraction of sp³-hybridized carbons (Fsp3) is 0.774. The van der Waals surface area contributed by atoms with Crippen molar-refractivity contribution in [3.63, 3.8) is 0 Å². The maximum absolute atomic E-state index is 11.3. The summed E-state index contributed by atoms with van der Waals surface area (Å²) in [7, 11) is -0.716. The number of carbonyl (C=O) groups is 1.